The van der Waals surface area contributed by atoms with Gasteiger partial charge in [-0.2, -0.15) is 5.10 Å². The molecule has 0 aliphatic heterocycles. The van der Waals surface area contributed by atoms with Gasteiger partial charge in [0.15, 0.2) is 5.69 Å². The lowest BCUT2D eigenvalue weighted by Gasteiger charge is -2.31. The summed E-state index contributed by atoms with van der Waals surface area (Å²) in [4.78, 5) is 12.2. The van der Waals surface area contributed by atoms with Crippen molar-refractivity contribution in [3.8, 4) is 5.69 Å². The van der Waals surface area contributed by atoms with Gasteiger partial charge in [-0.15, -0.1) is 0 Å². The van der Waals surface area contributed by atoms with Crippen molar-refractivity contribution in [3.05, 3.63) is 48.0 Å². The summed E-state index contributed by atoms with van der Waals surface area (Å²) in [5.41, 5.74) is -0.0115. The fourth-order valence-corrected chi connectivity index (χ4v) is 2.93. The van der Waals surface area contributed by atoms with E-state index in [4.69, 9.17) is 0 Å². The summed E-state index contributed by atoms with van der Waals surface area (Å²) in [5, 5.41) is 17.3. The molecule has 2 aromatic rings. The normalized spacial score (nSPS) is 17.0. The van der Waals surface area contributed by atoms with Gasteiger partial charge in [0.05, 0.1) is 11.3 Å². The van der Waals surface area contributed by atoms with Crippen LogP contribution in [0.5, 0.6) is 0 Å². The fourth-order valence-electron chi connectivity index (χ4n) is 2.93. The number of hydrogen-bond donors (Lipinski definition) is 2. The lowest BCUT2D eigenvalue weighted by atomic mass is 9.85. The number of carbonyl (C=O) groups is 1. The number of rotatable bonds is 4. The highest BCUT2D eigenvalue weighted by Gasteiger charge is 2.29. The van der Waals surface area contributed by atoms with E-state index in [1.54, 1.807) is 24.4 Å². The molecule has 1 aliphatic carbocycles. The van der Waals surface area contributed by atoms with Gasteiger partial charge >= 0.3 is 0 Å². The standard InChI is InChI=1S/C17H20FN3O2/c18-13-5-4-6-14(11-13)21-10-7-15(20-21)16(22)19-12-17(23)8-2-1-3-9-17/h4-7,10-11,23H,1-3,8-9,12H2,(H,19,22). The molecule has 5 nitrogen and oxygen atoms in total. The molecule has 0 radical (unpaired) electrons. The maximum absolute atomic E-state index is 13.2. The molecule has 0 saturated heterocycles. The zero-order valence-electron chi connectivity index (χ0n) is 12.8. The molecule has 122 valence electrons. The van der Waals surface area contributed by atoms with Gasteiger partial charge in [-0.05, 0) is 37.1 Å². The van der Waals surface area contributed by atoms with Crippen molar-refractivity contribution in [1.82, 2.24) is 15.1 Å². The molecule has 1 saturated carbocycles. The van der Waals surface area contributed by atoms with Crippen LogP contribution < -0.4 is 5.32 Å². The van der Waals surface area contributed by atoms with Gasteiger partial charge < -0.3 is 10.4 Å². The Labute approximate surface area is 134 Å². The fraction of sp³-hybridized carbons (Fsp3) is 0.412. The van der Waals surface area contributed by atoms with Crippen LogP contribution in [0.4, 0.5) is 4.39 Å². The first-order valence-corrected chi connectivity index (χ1v) is 7.88. The number of aromatic nitrogens is 2. The van der Waals surface area contributed by atoms with E-state index in [0.29, 0.717) is 18.5 Å². The van der Waals surface area contributed by atoms with Gasteiger partial charge in [-0.3, -0.25) is 4.79 Å². The molecule has 1 aromatic heterocycles. The SMILES string of the molecule is O=C(NCC1(O)CCCCC1)c1ccn(-c2cccc(F)c2)n1. The molecule has 0 spiro atoms. The minimum Gasteiger partial charge on any atom is -0.388 e. The molecule has 0 bridgehead atoms. The number of benzene rings is 1. The summed E-state index contributed by atoms with van der Waals surface area (Å²) in [6, 6.07) is 7.57. The molecule has 1 fully saturated rings. The Balaban J connectivity index is 1.64. The van der Waals surface area contributed by atoms with E-state index in [0.717, 1.165) is 19.3 Å². The minimum absolute atomic E-state index is 0.235. The number of aliphatic hydroxyl groups is 1. The third kappa shape index (κ3) is 3.76. The van der Waals surface area contributed by atoms with Crippen LogP contribution in [0.15, 0.2) is 36.5 Å². The van der Waals surface area contributed by atoms with Crippen molar-refractivity contribution in [2.24, 2.45) is 0 Å². The van der Waals surface area contributed by atoms with Crippen LogP contribution in [-0.2, 0) is 0 Å². The highest BCUT2D eigenvalue weighted by molar-refractivity contribution is 5.92. The van der Waals surface area contributed by atoms with E-state index < -0.39 is 5.60 Å². The number of nitrogens with one attached hydrogen (secondary N) is 1. The van der Waals surface area contributed by atoms with E-state index in [-0.39, 0.29) is 24.0 Å². The Kier molecular flexibility index (Phi) is 4.43. The van der Waals surface area contributed by atoms with Gasteiger partial charge in [0.25, 0.3) is 5.91 Å². The molecule has 3 rings (SSSR count). The van der Waals surface area contributed by atoms with E-state index in [9.17, 15) is 14.3 Å². The van der Waals surface area contributed by atoms with Crippen LogP contribution in [0.2, 0.25) is 0 Å². The lowest BCUT2D eigenvalue weighted by molar-refractivity contribution is 0.00521. The van der Waals surface area contributed by atoms with Gasteiger partial charge in [-0.1, -0.05) is 25.3 Å². The second-order valence-electron chi connectivity index (χ2n) is 6.09. The smallest absolute Gasteiger partial charge is 0.271 e. The molecule has 0 unspecified atom stereocenters. The van der Waals surface area contributed by atoms with E-state index in [1.807, 2.05) is 0 Å². The van der Waals surface area contributed by atoms with Crippen LogP contribution in [0.1, 0.15) is 42.6 Å². The van der Waals surface area contributed by atoms with Crippen LogP contribution in [-0.4, -0.2) is 32.9 Å². The van der Waals surface area contributed by atoms with Crippen molar-refractivity contribution >= 4 is 5.91 Å². The number of nitrogens with zero attached hydrogens (tertiary/aromatic N) is 2. The zero-order valence-corrected chi connectivity index (χ0v) is 12.8. The maximum atomic E-state index is 13.2. The number of carbonyl (C=O) groups excluding carboxylic acids is 1. The molecule has 1 aliphatic rings. The van der Waals surface area contributed by atoms with Crippen molar-refractivity contribution in [1.29, 1.82) is 0 Å². The topological polar surface area (TPSA) is 67.2 Å². The van der Waals surface area contributed by atoms with Crippen molar-refractivity contribution in [3.63, 3.8) is 0 Å². The van der Waals surface area contributed by atoms with Crippen LogP contribution in [0.25, 0.3) is 5.69 Å². The minimum atomic E-state index is -0.807. The monoisotopic (exact) mass is 317 g/mol. The Hall–Kier alpha value is -2.21. The summed E-state index contributed by atoms with van der Waals surface area (Å²) < 4.78 is 14.7. The quantitative estimate of drug-likeness (QED) is 0.910. The largest absolute Gasteiger partial charge is 0.388 e. The van der Waals surface area contributed by atoms with Crippen LogP contribution in [0, 0.1) is 5.82 Å². The zero-order chi connectivity index (χ0) is 16.3. The molecule has 23 heavy (non-hydrogen) atoms. The number of amides is 1. The Morgan fingerprint density at radius 3 is 2.83 bits per heavy atom. The molecular weight excluding hydrogens is 297 g/mol. The molecule has 1 aromatic carbocycles. The molecule has 2 N–H and O–H groups in total. The summed E-state index contributed by atoms with van der Waals surface area (Å²) in [7, 11) is 0. The van der Waals surface area contributed by atoms with E-state index >= 15 is 0 Å². The average Bonchev–Trinajstić information content (AvgIpc) is 3.03. The molecule has 6 heteroatoms. The van der Waals surface area contributed by atoms with Gasteiger partial charge in [-0.25, -0.2) is 9.07 Å². The predicted octanol–water partition coefficient (Wildman–Crippen LogP) is 2.44. The highest BCUT2D eigenvalue weighted by Crippen LogP contribution is 2.27. The van der Waals surface area contributed by atoms with Crippen molar-refractivity contribution in [2.75, 3.05) is 6.54 Å². The second-order valence-corrected chi connectivity index (χ2v) is 6.09. The first kappa shape index (κ1) is 15.7. The molecule has 0 atom stereocenters. The first-order valence-electron chi connectivity index (χ1n) is 7.88. The Morgan fingerprint density at radius 2 is 2.09 bits per heavy atom. The van der Waals surface area contributed by atoms with Crippen molar-refractivity contribution < 1.29 is 14.3 Å². The Bertz CT molecular complexity index is 693. The van der Waals surface area contributed by atoms with Crippen LogP contribution >= 0.6 is 0 Å². The molecular formula is C17H20FN3O2. The van der Waals surface area contributed by atoms with Gasteiger partial charge in [0.2, 0.25) is 0 Å². The Morgan fingerprint density at radius 1 is 1.30 bits per heavy atom. The lowest BCUT2D eigenvalue weighted by Crippen LogP contribution is -2.44. The molecule has 1 amide bonds. The maximum Gasteiger partial charge on any atom is 0.271 e. The van der Waals surface area contributed by atoms with E-state index in [2.05, 4.69) is 10.4 Å². The van der Waals surface area contributed by atoms with Crippen molar-refractivity contribution in [2.45, 2.75) is 37.7 Å². The van der Waals surface area contributed by atoms with E-state index in [1.165, 1.54) is 16.8 Å². The number of halogens is 1. The van der Waals surface area contributed by atoms with Gasteiger partial charge in [0, 0.05) is 12.7 Å². The molecule has 1 heterocycles. The highest BCUT2D eigenvalue weighted by atomic mass is 19.1. The first-order chi connectivity index (χ1) is 11.1. The van der Waals surface area contributed by atoms with Crippen LogP contribution in [0.3, 0.4) is 0 Å². The average molecular weight is 317 g/mol. The summed E-state index contributed by atoms with van der Waals surface area (Å²) in [6.07, 6.45) is 6.14. The second kappa shape index (κ2) is 6.50. The summed E-state index contributed by atoms with van der Waals surface area (Å²) in [6.45, 7) is 0.235. The summed E-state index contributed by atoms with van der Waals surface area (Å²) >= 11 is 0. The van der Waals surface area contributed by atoms with Gasteiger partial charge in [0.1, 0.15) is 5.82 Å². The summed E-state index contributed by atoms with van der Waals surface area (Å²) in [5.74, 6) is -0.692. The third-order valence-electron chi connectivity index (χ3n) is 4.26. The third-order valence-corrected chi connectivity index (χ3v) is 4.26. The number of hydrogen-bond acceptors (Lipinski definition) is 3. The predicted molar refractivity (Wildman–Crippen MR) is 83.9 cm³/mol.